The first-order valence-electron chi connectivity index (χ1n) is 8.78. The Morgan fingerprint density at radius 1 is 1.48 bits per heavy atom. The molecular weight excluding hydrogens is 290 g/mol. The predicted molar refractivity (Wildman–Crippen MR) is 87.7 cm³/mol. The summed E-state index contributed by atoms with van der Waals surface area (Å²) in [5.74, 6) is 0.902. The smallest absolute Gasteiger partial charge is 0.220 e. The lowest BCUT2D eigenvalue weighted by Gasteiger charge is -2.30. The van der Waals surface area contributed by atoms with Gasteiger partial charge < -0.3 is 11.1 Å². The summed E-state index contributed by atoms with van der Waals surface area (Å²) in [5, 5.41) is 8.52. The third kappa shape index (κ3) is 2.58. The Morgan fingerprint density at radius 2 is 2.30 bits per heavy atom. The minimum Gasteiger partial charge on any atom is -0.369 e. The van der Waals surface area contributed by atoms with Crippen molar-refractivity contribution >= 4 is 5.91 Å². The summed E-state index contributed by atoms with van der Waals surface area (Å²) >= 11 is 0. The molecule has 0 aromatic carbocycles. The number of primary amides is 1. The molecular formula is C17H27N5O. The van der Waals surface area contributed by atoms with Gasteiger partial charge in [-0.1, -0.05) is 6.92 Å². The lowest BCUT2D eigenvalue weighted by atomic mass is 9.86. The molecule has 3 N–H and O–H groups in total. The zero-order valence-electron chi connectivity index (χ0n) is 14.1. The summed E-state index contributed by atoms with van der Waals surface area (Å²) in [5.41, 5.74) is 8.19. The van der Waals surface area contributed by atoms with Crippen LogP contribution in [0.4, 0.5) is 0 Å². The number of nitrogens with two attached hydrogens (primary N) is 1. The summed E-state index contributed by atoms with van der Waals surface area (Å²) in [6.07, 6.45) is 2.91. The fourth-order valence-corrected chi connectivity index (χ4v) is 4.63. The number of carbonyl (C=O) groups is 1. The maximum Gasteiger partial charge on any atom is 0.220 e. The molecule has 1 saturated carbocycles. The van der Waals surface area contributed by atoms with Crippen molar-refractivity contribution in [1.82, 2.24) is 20.0 Å². The number of aromatic nitrogens is 2. The average molecular weight is 317 g/mol. The van der Waals surface area contributed by atoms with Crippen LogP contribution in [0.5, 0.6) is 0 Å². The van der Waals surface area contributed by atoms with E-state index in [0.29, 0.717) is 11.8 Å². The second kappa shape index (κ2) is 5.31. The Morgan fingerprint density at radius 3 is 3.09 bits per heavy atom. The topological polar surface area (TPSA) is 76.2 Å². The molecule has 1 amide bonds. The number of likely N-dealkylation sites (N-methyl/N-ethyl adjacent to an activating group) is 1. The van der Waals surface area contributed by atoms with Crippen LogP contribution in [-0.4, -0.2) is 46.3 Å². The molecule has 3 heterocycles. The van der Waals surface area contributed by atoms with E-state index in [-0.39, 0.29) is 17.4 Å². The van der Waals surface area contributed by atoms with Gasteiger partial charge in [-0.05, 0) is 44.8 Å². The molecule has 1 aromatic rings. The van der Waals surface area contributed by atoms with Gasteiger partial charge in [0.1, 0.15) is 0 Å². The van der Waals surface area contributed by atoms with E-state index >= 15 is 0 Å². The summed E-state index contributed by atoms with van der Waals surface area (Å²) in [7, 11) is 2.16. The maximum absolute atomic E-state index is 11.6. The quantitative estimate of drug-likeness (QED) is 0.859. The summed E-state index contributed by atoms with van der Waals surface area (Å²) < 4.78 is 2.17. The van der Waals surface area contributed by atoms with Crippen molar-refractivity contribution in [2.75, 3.05) is 20.1 Å². The highest BCUT2D eigenvalue weighted by Gasteiger charge is 2.58. The van der Waals surface area contributed by atoms with Crippen LogP contribution in [0.2, 0.25) is 0 Å². The number of nitrogens with zero attached hydrogens (tertiary/aromatic N) is 3. The van der Waals surface area contributed by atoms with Crippen LogP contribution in [0.15, 0.2) is 6.07 Å². The van der Waals surface area contributed by atoms with Gasteiger partial charge in [-0.2, -0.15) is 5.10 Å². The first kappa shape index (κ1) is 15.1. The fourth-order valence-electron chi connectivity index (χ4n) is 4.63. The molecule has 1 spiro atoms. The highest BCUT2D eigenvalue weighted by Crippen LogP contribution is 2.56. The summed E-state index contributed by atoms with van der Waals surface area (Å²) in [4.78, 5) is 13.9. The van der Waals surface area contributed by atoms with Crippen LogP contribution in [0, 0.1) is 11.8 Å². The van der Waals surface area contributed by atoms with E-state index in [1.165, 1.54) is 11.4 Å². The molecule has 4 rings (SSSR count). The van der Waals surface area contributed by atoms with E-state index in [0.717, 1.165) is 45.4 Å². The van der Waals surface area contributed by atoms with Gasteiger partial charge in [-0.25, -0.2) is 0 Å². The predicted octanol–water partition coefficient (Wildman–Crippen LogP) is 0.676. The monoisotopic (exact) mass is 317 g/mol. The minimum atomic E-state index is -0.135. The molecule has 23 heavy (non-hydrogen) atoms. The fraction of sp³-hybridized carbons (Fsp3) is 0.765. The van der Waals surface area contributed by atoms with Crippen LogP contribution in [0.3, 0.4) is 0 Å². The number of rotatable bonds is 3. The zero-order chi connectivity index (χ0) is 16.2. The average Bonchev–Trinajstić information content (AvgIpc) is 3.03. The molecule has 0 radical (unpaired) electrons. The van der Waals surface area contributed by atoms with E-state index in [9.17, 15) is 4.79 Å². The van der Waals surface area contributed by atoms with E-state index in [2.05, 4.69) is 34.9 Å². The molecule has 6 nitrogen and oxygen atoms in total. The van der Waals surface area contributed by atoms with Gasteiger partial charge in [0.05, 0.1) is 17.9 Å². The third-order valence-electron chi connectivity index (χ3n) is 6.19. The van der Waals surface area contributed by atoms with Crippen molar-refractivity contribution in [1.29, 1.82) is 0 Å². The Labute approximate surface area is 137 Å². The van der Waals surface area contributed by atoms with Crippen LogP contribution in [0.1, 0.15) is 43.5 Å². The largest absolute Gasteiger partial charge is 0.369 e. The molecule has 1 aromatic heterocycles. The van der Waals surface area contributed by atoms with E-state index in [1.807, 2.05) is 0 Å². The van der Waals surface area contributed by atoms with Gasteiger partial charge in [-0.15, -0.1) is 0 Å². The standard InChI is InChI=1S/C17H27N5O/c1-11(15-7-13-10-21(2)5-6-22(13)20-15)14-9-17(14)8-12(16(18)23)3-4-19-17/h7,11-12,14,19H,3-6,8-10H2,1-2H3,(H2,18,23)/t11-,12?,14?,17?/m1/s1. The molecule has 0 bridgehead atoms. The highest BCUT2D eigenvalue weighted by molar-refractivity contribution is 5.77. The Kier molecular flexibility index (Phi) is 3.50. The molecule has 4 atom stereocenters. The van der Waals surface area contributed by atoms with Crippen LogP contribution < -0.4 is 11.1 Å². The van der Waals surface area contributed by atoms with Crippen LogP contribution in [-0.2, 0) is 17.9 Å². The molecule has 2 fully saturated rings. The van der Waals surface area contributed by atoms with Crippen molar-refractivity contribution in [2.45, 2.75) is 50.7 Å². The number of piperidine rings is 1. The molecule has 3 aliphatic rings. The number of carbonyl (C=O) groups excluding carboxylic acids is 1. The Bertz CT molecular complexity index is 626. The molecule has 2 aliphatic heterocycles. The van der Waals surface area contributed by atoms with Gasteiger partial charge in [0.15, 0.2) is 0 Å². The highest BCUT2D eigenvalue weighted by atomic mass is 16.1. The molecule has 1 saturated heterocycles. The van der Waals surface area contributed by atoms with Crippen molar-refractivity contribution < 1.29 is 4.79 Å². The lowest BCUT2D eigenvalue weighted by Crippen LogP contribution is -2.45. The first-order chi connectivity index (χ1) is 11.0. The van der Waals surface area contributed by atoms with Crippen molar-refractivity contribution in [2.24, 2.45) is 17.6 Å². The Hall–Kier alpha value is -1.40. The minimum absolute atomic E-state index is 0.0392. The second-order valence-electron chi connectivity index (χ2n) is 7.80. The van der Waals surface area contributed by atoms with Gasteiger partial charge in [0.25, 0.3) is 0 Å². The normalized spacial score (nSPS) is 35.0. The van der Waals surface area contributed by atoms with Gasteiger partial charge in [0, 0.05) is 30.5 Å². The SMILES string of the molecule is C[C@@H](c1cc2n(n1)CCN(C)C2)C1CC12CC(C(N)=O)CCN2. The van der Waals surface area contributed by atoms with Gasteiger partial charge in [-0.3, -0.25) is 14.4 Å². The number of hydrogen-bond donors (Lipinski definition) is 2. The van der Waals surface area contributed by atoms with Crippen molar-refractivity contribution in [3.8, 4) is 0 Å². The van der Waals surface area contributed by atoms with E-state index in [4.69, 9.17) is 10.8 Å². The van der Waals surface area contributed by atoms with Gasteiger partial charge >= 0.3 is 0 Å². The first-order valence-corrected chi connectivity index (χ1v) is 8.78. The number of amides is 1. The lowest BCUT2D eigenvalue weighted by molar-refractivity contribution is -0.123. The van der Waals surface area contributed by atoms with Crippen LogP contribution in [0.25, 0.3) is 0 Å². The molecule has 3 unspecified atom stereocenters. The zero-order valence-corrected chi connectivity index (χ0v) is 14.1. The van der Waals surface area contributed by atoms with Crippen LogP contribution >= 0.6 is 0 Å². The number of fused-ring (bicyclic) bond motifs is 1. The maximum atomic E-state index is 11.6. The molecule has 126 valence electrons. The number of nitrogens with one attached hydrogen (secondary N) is 1. The van der Waals surface area contributed by atoms with Crippen molar-refractivity contribution in [3.05, 3.63) is 17.5 Å². The molecule has 6 heteroatoms. The number of hydrogen-bond acceptors (Lipinski definition) is 4. The van der Waals surface area contributed by atoms with Gasteiger partial charge in [0.2, 0.25) is 5.91 Å². The molecule has 1 aliphatic carbocycles. The third-order valence-corrected chi connectivity index (χ3v) is 6.19. The summed E-state index contributed by atoms with van der Waals surface area (Å²) in [6, 6.07) is 2.28. The van der Waals surface area contributed by atoms with E-state index in [1.54, 1.807) is 0 Å². The Balaban J connectivity index is 1.48. The van der Waals surface area contributed by atoms with E-state index < -0.39 is 0 Å². The second-order valence-corrected chi connectivity index (χ2v) is 7.80. The van der Waals surface area contributed by atoms with Crippen molar-refractivity contribution in [3.63, 3.8) is 0 Å². The summed E-state index contributed by atoms with van der Waals surface area (Å²) in [6.45, 7) is 6.22.